The molecule has 0 heterocycles. The highest BCUT2D eigenvalue weighted by Crippen LogP contribution is 2.26. The summed E-state index contributed by atoms with van der Waals surface area (Å²) in [6.45, 7) is 6.40. The van der Waals surface area contributed by atoms with E-state index in [2.05, 4.69) is 50.5 Å². The van der Waals surface area contributed by atoms with Crippen molar-refractivity contribution in [2.45, 2.75) is 51.7 Å². The van der Waals surface area contributed by atoms with Gasteiger partial charge in [-0.25, -0.2) is 0 Å². The zero-order valence-electron chi connectivity index (χ0n) is 12.0. The Bertz CT molecular complexity index is 353. The number of ether oxygens (including phenoxy) is 1. The van der Waals surface area contributed by atoms with Crippen molar-refractivity contribution in [1.82, 2.24) is 5.43 Å². The first-order valence-electron chi connectivity index (χ1n) is 6.68. The molecule has 1 unspecified atom stereocenters. The molecule has 3 N–H and O–H groups in total. The first kappa shape index (κ1) is 15.2. The monoisotopic (exact) mass is 250 g/mol. The number of methoxy groups -OCH3 is 1. The molecule has 3 heteroatoms. The van der Waals surface area contributed by atoms with Gasteiger partial charge in [0.05, 0.1) is 11.6 Å². The van der Waals surface area contributed by atoms with Gasteiger partial charge < -0.3 is 4.74 Å². The van der Waals surface area contributed by atoms with Gasteiger partial charge in [0.1, 0.15) is 0 Å². The van der Waals surface area contributed by atoms with Crippen molar-refractivity contribution in [3.63, 3.8) is 0 Å². The average Bonchev–Trinajstić information content (AvgIpc) is 2.40. The van der Waals surface area contributed by atoms with E-state index in [1.807, 2.05) is 0 Å². The van der Waals surface area contributed by atoms with E-state index in [4.69, 9.17) is 10.6 Å². The zero-order chi connectivity index (χ0) is 13.6. The topological polar surface area (TPSA) is 47.3 Å². The van der Waals surface area contributed by atoms with Gasteiger partial charge in [-0.1, -0.05) is 43.7 Å². The van der Waals surface area contributed by atoms with Crippen molar-refractivity contribution >= 4 is 0 Å². The molecule has 1 aromatic rings. The second-order valence-corrected chi connectivity index (χ2v) is 4.89. The van der Waals surface area contributed by atoms with Crippen molar-refractivity contribution in [1.29, 1.82) is 0 Å². The van der Waals surface area contributed by atoms with E-state index in [-0.39, 0.29) is 11.6 Å². The summed E-state index contributed by atoms with van der Waals surface area (Å²) < 4.78 is 5.75. The van der Waals surface area contributed by atoms with E-state index in [1.165, 1.54) is 11.1 Å². The molecule has 0 spiro atoms. The van der Waals surface area contributed by atoms with Crippen LogP contribution in [0, 0.1) is 6.92 Å². The number of aryl methyl sites for hydroxylation is 1. The summed E-state index contributed by atoms with van der Waals surface area (Å²) in [6.07, 6.45) is 2.77. The van der Waals surface area contributed by atoms with Gasteiger partial charge in [-0.05, 0) is 31.7 Å². The Kier molecular flexibility index (Phi) is 5.79. The van der Waals surface area contributed by atoms with Gasteiger partial charge in [-0.3, -0.25) is 11.3 Å². The minimum absolute atomic E-state index is 0.124. The van der Waals surface area contributed by atoms with E-state index in [0.29, 0.717) is 0 Å². The van der Waals surface area contributed by atoms with Crippen LogP contribution in [-0.2, 0) is 11.2 Å². The van der Waals surface area contributed by atoms with E-state index in [1.54, 1.807) is 7.11 Å². The lowest BCUT2D eigenvalue weighted by Gasteiger charge is -2.38. The molecule has 1 rings (SSSR count). The highest BCUT2D eigenvalue weighted by molar-refractivity contribution is 5.23. The SMILES string of the molecule is CCC(CC)(OC)C(Cc1cccc(C)c1)NN. The van der Waals surface area contributed by atoms with Crippen LogP contribution in [0.4, 0.5) is 0 Å². The van der Waals surface area contributed by atoms with Gasteiger partial charge in [-0.15, -0.1) is 0 Å². The fourth-order valence-corrected chi connectivity index (χ4v) is 2.65. The summed E-state index contributed by atoms with van der Waals surface area (Å²) >= 11 is 0. The molecule has 0 aromatic heterocycles. The Morgan fingerprint density at radius 1 is 1.33 bits per heavy atom. The summed E-state index contributed by atoms with van der Waals surface area (Å²) in [5, 5.41) is 0. The lowest BCUT2D eigenvalue weighted by atomic mass is 9.84. The number of benzene rings is 1. The molecule has 102 valence electrons. The maximum Gasteiger partial charge on any atom is 0.0842 e. The summed E-state index contributed by atoms with van der Waals surface area (Å²) in [6, 6.07) is 8.67. The zero-order valence-corrected chi connectivity index (χ0v) is 12.0. The summed E-state index contributed by atoms with van der Waals surface area (Å²) in [5.41, 5.74) is 5.31. The van der Waals surface area contributed by atoms with Crippen molar-refractivity contribution in [2.75, 3.05) is 7.11 Å². The van der Waals surface area contributed by atoms with Crippen LogP contribution in [0.1, 0.15) is 37.8 Å². The quantitative estimate of drug-likeness (QED) is 0.577. The van der Waals surface area contributed by atoms with Gasteiger partial charge in [0, 0.05) is 7.11 Å². The van der Waals surface area contributed by atoms with Gasteiger partial charge in [0.2, 0.25) is 0 Å². The maximum absolute atomic E-state index is 5.75. The minimum Gasteiger partial charge on any atom is -0.377 e. The molecule has 0 fully saturated rings. The van der Waals surface area contributed by atoms with Crippen LogP contribution in [0.2, 0.25) is 0 Å². The normalized spacial score (nSPS) is 13.6. The lowest BCUT2D eigenvalue weighted by molar-refractivity contribution is -0.0473. The highest BCUT2D eigenvalue weighted by Gasteiger charge is 2.35. The number of hydrazine groups is 1. The molecule has 0 amide bonds. The second-order valence-electron chi connectivity index (χ2n) is 4.89. The molecule has 18 heavy (non-hydrogen) atoms. The molecule has 0 saturated carbocycles. The Hall–Kier alpha value is -0.900. The van der Waals surface area contributed by atoms with Crippen LogP contribution >= 0.6 is 0 Å². The van der Waals surface area contributed by atoms with E-state index >= 15 is 0 Å². The van der Waals surface area contributed by atoms with Gasteiger partial charge >= 0.3 is 0 Å². The predicted molar refractivity (Wildman–Crippen MR) is 76.3 cm³/mol. The molecular weight excluding hydrogens is 224 g/mol. The van der Waals surface area contributed by atoms with E-state index in [0.717, 1.165) is 19.3 Å². The molecule has 1 atom stereocenters. The molecular formula is C15H26N2O. The van der Waals surface area contributed by atoms with Crippen LogP contribution in [0.5, 0.6) is 0 Å². The van der Waals surface area contributed by atoms with Crippen LogP contribution in [0.25, 0.3) is 0 Å². The summed E-state index contributed by atoms with van der Waals surface area (Å²) in [5.74, 6) is 5.74. The smallest absolute Gasteiger partial charge is 0.0842 e. The minimum atomic E-state index is -0.196. The summed E-state index contributed by atoms with van der Waals surface area (Å²) in [7, 11) is 1.77. The lowest BCUT2D eigenvalue weighted by Crippen LogP contribution is -2.55. The Balaban J connectivity index is 2.90. The largest absolute Gasteiger partial charge is 0.377 e. The van der Waals surface area contributed by atoms with Crippen molar-refractivity contribution in [3.05, 3.63) is 35.4 Å². The Labute approximate surface area is 111 Å². The third kappa shape index (κ3) is 3.31. The van der Waals surface area contributed by atoms with Crippen LogP contribution in [0.3, 0.4) is 0 Å². The molecule has 3 nitrogen and oxygen atoms in total. The van der Waals surface area contributed by atoms with Crippen LogP contribution in [0.15, 0.2) is 24.3 Å². The van der Waals surface area contributed by atoms with Gasteiger partial charge in [-0.2, -0.15) is 0 Å². The average molecular weight is 250 g/mol. The highest BCUT2D eigenvalue weighted by atomic mass is 16.5. The number of nitrogens with one attached hydrogen (secondary N) is 1. The van der Waals surface area contributed by atoms with E-state index in [9.17, 15) is 0 Å². The molecule has 1 aromatic carbocycles. The third-order valence-corrected chi connectivity index (χ3v) is 3.96. The number of rotatable bonds is 7. The molecule has 0 aliphatic heterocycles. The standard InChI is InChI=1S/C15H26N2O/c1-5-15(6-2,18-4)14(17-16)11-13-9-7-8-12(3)10-13/h7-10,14,17H,5-6,11,16H2,1-4H3. The Morgan fingerprint density at radius 2 is 2.00 bits per heavy atom. The number of nitrogens with two attached hydrogens (primary N) is 1. The van der Waals surface area contributed by atoms with Crippen molar-refractivity contribution in [2.24, 2.45) is 5.84 Å². The fourth-order valence-electron chi connectivity index (χ4n) is 2.65. The van der Waals surface area contributed by atoms with Crippen molar-refractivity contribution in [3.8, 4) is 0 Å². The first-order valence-corrected chi connectivity index (χ1v) is 6.68. The maximum atomic E-state index is 5.75. The van der Waals surface area contributed by atoms with Crippen LogP contribution < -0.4 is 11.3 Å². The van der Waals surface area contributed by atoms with Crippen molar-refractivity contribution < 1.29 is 4.74 Å². The van der Waals surface area contributed by atoms with Crippen LogP contribution in [-0.4, -0.2) is 18.8 Å². The summed E-state index contributed by atoms with van der Waals surface area (Å²) in [4.78, 5) is 0. The molecule has 0 aliphatic carbocycles. The van der Waals surface area contributed by atoms with E-state index < -0.39 is 0 Å². The third-order valence-electron chi connectivity index (χ3n) is 3.96. The fraction of sp³-hybridized carbons (Fsp3) is 0.600. The number of hydrogen-bond acceptors (Lipinski definition) is 3. The molecule has 0 aliphatic rings. The second kappa shape index (κ2) is 6.88. The Morgan fingerprint density at radius 3 is 2.44 bits per heavy atom. The number of hydrogen-bond donors (Lipinski definition) is 2. The molecule has 0 bridgehead atoms. The molecule has 0 radical (unpaired) electrons. The van der Waals surface area contributed by atoms with Gasteiger partial charge in [0.15, 0.2) is 0 Å². The predicted octanol–water partition coefficient (Wildman–Crippen LogP) is 2.57. The molecule has 0 saturated heterocycles. The first-order chi connectivity index (χ1) is 8.61. The van der Waals surface area contributed by atoms with Gasteiger partial charge in [0.25, 0.3) is 0 Å².